The Labute approximate surface area is 423 Å². The molecule has 370 valence electrons. The van der Waals surface area contributed by atoms with E-state index in [0.717, 1.165) is 15.8 Å². The van der Waals surface area contributed by atoms with E-state index in [1.807, 2.05) is 24.3 Å². The van der Waals surface area contributed by atoms with Gasteiger partial charge in [0, 0.05) is 114 Å². The molecular weight excluding hydrogens is 984 g/mol. The van der Waals surface area contributed by atoms with Crippen LogP contribution < -0.4 is 25.0 Å². The van der Waals surface area contributed by atoms with Crippen molar-refractivity contribution in [3.63, 3.8) is 0 Å². The van der Waals surface area contributed by atoms with Crippen LogP contribution in [0.4, 0.5) is 17.1 Å². The Morgan fingerprint density at radius 2 is 1.49 bits per heavy atom. The average Bonchev–Trinajstić information content (AvgIpc) is 3.54. The summed E-state index contributed by atoms with van der Waals surface area (Å²) >= 11 is 12.8. The highest BCUT2D eigenvalue weighted by Gasteiger charge is 2.61. The van der Waals surface area contributed by atoms with Crippen molar-refractivity contribution in [2.75, 3.05) is 41.3 Å². The minimum atomic E-state index is -5.00. The number of carbonyl (C=O) groups excluding carboxylic acids is 6. The van der Waals surface area contributed by atoms with Crippen molar-refractivity contribution in [1.82, 2.24) is 10.2 Å². The highest BCUT2D eigenvalue weighted by molar-refractivity contribution is 7.46. The number of phosphoric acid groups is 1. The van der Waals surface area contributed by atoms with E-state index in [1.165, 1.54) is 46.9 Å². The maximum Gasteiger partial charge on any atom is 0.524 e. The van der Waals surface area contributed by atoms with Gasteiger partial charge in [0.15, 0.2) is 0 Å². The zero-order valence-electron chi connectivity index (χ0n) is 38.5. The number of hydrogen-bond donors (Lipinski definition) is 5. The number of alkyl halides is 1. The van der Waals surface area contributed by atoms with Gasteiger partial charge in [-0.3, -0.25) is 43.5 Å². The van der Waals surface area contributed by atoms with Gasteiger partial charge in [-0.05, 0) is 70.5 Å². The number of phenolic OH excluding ortho intramolecular Hbond substituents is 1. The predicted octanol–water partition coefficient (Wildman–Crippen LogP) is 8.31. The average molecular weight is 1030 g/mol. The number of fused-ring (bicyclic) bond motifs is 7. The molecule has 3 atom stereocenters. The number of carbonyl (C=O) groups is 6. The molecule has 1 fully saturated rings. The Morgan fingerprint density at radius 3 is 2.19 bits per heavy atom. The summed E-state index contributed by atoms with van der Waals surface area (Å²) in [5, 5.41) is 19.0. The van der Waals surface area contributed by atoms with E-state index < -0.39 is 25.1 Å². The molecule has 72 heavy (non-hydrogen) atoms. The highest BCUT2D eigenvalue weighted by Crippen LogP contribution is 2.62. The molecule has 3 heterocycles. The number of imide groups is 1. The fourth-order valence-corrected chi connectivity index (χ4v) is 10.9. The van der Waals surface area contributed by atoms with Gasteiger partial charge >= 0.3 is 7.82 Å². The normalized spacial score (nSPS) is 19.2. The SMILES string of the molecule is O=C(CCCCCN1C(=O)C=CC1=O)NCCC(=O)Nc1cc(/C=C/C(=O)N2CC3(C[C@@H]3Cl)c3c2cc(O)c2ccccc32)ccc1/C=C/C(=O)N1CC(/C=C/Cl)c2c1cc(OP(=O)(O)O)c1ccccc21. The third-order valence-corrected chi connectivity index (χ3v) is 14.5. The molecule has 6 amide bonds. The van der Waals surface area contributed by atoms with Crippen molar-refractivity contribution in [1.29, 1.82) is 0 Å². The second-order valence-electron chi connectivity index (χ2n) is 18.0. The van der Waals surface area contributed by atoms with Crippen LogP contribution in [0.15, 0.2) is 115 Å². The first kappa shape index (κ1) is 49.9. The fourth-order valence-electron chi connectivity index (χ4n) is 9.85. The van der Waals surface area contributed by atoms with Crippen LogP contribution in [0.1, 0.15) is 66.7 Å². The summed E-state index contributed by atoms with van der Waals surface area (Å²) < 4.78 is 17.1. The van der Waals surface area contributed by atoms with Gasteiger partial charge in [0.2, 0.25) is 11.8 Å². The summed E-state index contributed by atoms with van der Waals surface area (Å²) in [5.74, 6) is -2.72. The van der Waals surface area contributed by atoms with E-state index in [0.29, 0.717) is 76.5 Å². The molecule has 4 aliphatic rings. The minimum absolute atomic E-state index is 0.0202. The van der Waals surface area contributed by atoms with Crippen LogP contribution in [0.5, 0.6) is 11.5 Å². The summed E-state index contributed by atoms with van der Waals surface area (Å²) in [6, 6.07) is 22.4. The first-order valence-corrected chi connectivity index (χ1v) is 25.7. The van der Waals surface area contributed by atoms with Crippen molar-refractivity contribution in [3.8, 4) is 11.5 Å². The fraction of sp³-hybridized carbons (Fsp3) is 0.245. The quantitative estimate of drug-likeness (QED) is 0.0196. The van der Waals surface area contributed by atoms with Crippen LogP contribution in [0.3, 0.4) is 0 Å². The zero-order chi connectivity index (χ0) is 50.9. The standard InChI is InChI=1S/C53H48Cl2N5O11P/c54-23-21-34-30-59(40-28-43(71-72(68,69)70)36-9-4-5-10-37(36)51(34)40)49(66)18-16-33-15-13-32(26-39(33)57-46(63)22-24-56-45(62)12-2-1-7-25-58-47(64)19-20-48(58)65)14-17-50(67)60-31-53(29-44(53)55)52-38-11-6-3-8-35(38)42(61)27-41(52)60/h3-6,8-11,13-21,23,26-28,34,44,61H,1-2,7,12,22,24-25,29-31H2,(H,56,62)(H,57,63)(H2,68,69,70)/b17-14+,18-16+,23-21+/t34?,44-,53?/m0/s1. The molecule has 16 nitrogen and oxygen atoms in total. The van der Waals surface area contributed by atoms with Gasteiger partial charge < -0.3 is 30.1 Å². The second-order valence-corrected chi connectivity index (χ2v) is 20.0. The first-order valence-electron chi connectivity index (χ1n) is 23.3. The molecule has 5 aromatic carbocycles. The van der Waals surface area contributed by atoms with Gasteiger partial charge in [0.1, 0.15) is 11.5 Å². The molecular formula is C53H48Cl2N5O11P. The number of anilines is 3. The minimum Gasteiger partial charge on any atom is -0.507 e. The van der Waals surface area contributed by atoms with Crippen LogP contribution >= 0.6 is 31.0 Å². The number of unbranched alkanes of at least 4 members (excludes halogenated alkanes) is 2. The van der Waals surface area contributed by atoms with Crippen LogP contribution in [-0.2, 0) is 38.7 Å². The Bertz CT molecular complexity index is 3240. The Balaban J connectivity index is 0.933. The summed E-state index contributed by atoms with van der Waals surface area (Å²) in [6.07, 6.45) is 12.4. The number of phenols is 1. The molecule has 0 radical (unpaired) electrons. The van der Waals surface area contributed by atoms with Gasteiger partial charge in [-0.15, -0.1) is 11.6 Å². The molecule has 0 saturated heterocycles. The molecule has 1 spiro atoms. The zero-order valence-corrected chi connectivity index (χ0v) is 40.9. The van der Waals surface area contributed by atoms with Crippen LogP contribution in [-0.4, -0.2) is 86.8 Å². The number of nitrogens with one attached hydrogen (secondary N) is 2. The van der Waals surface area contributed by atoms with Crippen molar-refractivity contribution in [2.45, 2.75) is 55.2 Å². The highest BCUT2D eigenvalue weighted by atomic mass is 35.5. The van der Waals surface area contributed by atoms with Crippen LogP contribution in [0.2, 0.25) is 0 Å². The molecule has 5 N–H and O–H groups in total. The van der Waals surface area contributed by atoms with Gasteiger partial charge in [0.25, 0.3) is 23.6 Å². The Kier molecular flexibility index (Phi) is 14.3. The van der Waals surface area contributed by atoms with Gasteiger partial charge in [-0.2, -0.15) is 0 Å². The number of amides is 6. The molecule has 0 aromatic heterocycles. The maximum absolute atomic E-state index is 14.2. The molecule has 2 unspecified atom stereocenters. The third kappa shape index (κ3) is 10.3. The summed E-state index contributed by atoms with van der Waals surface area (Å²) in [6.45, 7) is 0.764. The maximum atomic E-state index is 14.2. The van der Waals surface area contributed by atoms with Crippen molar-refractivity contribution in [3.05, 3.63) is 137 Å². The van der Waals surface area contributed by atoms with E-state index in [2.05, 4.69) is 10.6 Å². The molecule has 5 aromatic rings. The molecule has 1 aliphatic carbocycles. The molecule has 9 rings (SSSR count). The largest absolute Gasteiger partial charge is 0.524 e. The van der Waals surface area contributed by atoms with E-state index in [-0.39, 0.29) is 84.6 Å². The lowest BCUT2D eigenvalue weighted by Gasteiger charge is -2.18. The number of aromatic hydroxyl groups is 1. The number of benzene rings is 5. The summed E-state index contributed by atoms with van der Waals surface area (Å²) in [7, 11) is -5.00. The van der Waals surface area contributed by atoms with Gasteiger partial charge in [-0.1, -0.05) is 84.8 Å². The van der Waals surface area contributed by atoms with Gasteiger partial charge in [0.05, 0.1) is 11.4 Å². The van der Waals surface area contributed by atoms with Crippen molar-refractivity contribution in [2.24, 2.45) is 0 Å². The molecule has 1 saturated carbocycles. The van der Waals surface area contributed by atoms with Crippen LogP contribution in [0, 0.1) is 0 Å². The lowest BCUT2D eigenvalue weighted by atomic mass is 9.92. The van der Waals surface area contributed by atoms with E-state index in [1.54, 1.807) is 65.6 Å². The lowest BCUT2D eigenvalue weighted by molar-refractivity contribution is -0.137. The van der Waals surface area contributed by atoms with Gasteiger partial charge in [-0.25, -0.2) is 4.57 Å². The lowest BCUT2D eigenvalue weighted by Crippen LogP contribution is -2.31. The topological polar surface area (TPSA) is 223 Å². The number of rotatable bonds is 17. The first-order chi connectivity index (χ1) is 34.5. The molecule has 19 heteroatoms. The van der Waals surface area contributed by atoms with Crippen molar-refractivity contribution >= 4 is 117 Å². The third-order valence-electron chi connectivity index (χ3n) is 13.4. The van der Waals surface area contributed by atoms with E-state index in [9.17, 15) is 48.2 Å². The molecule has 3 aliphatic heterocycles. The number of halogens is 2. The smallest absolute Gasteiger partial charge is 0.507 e. The second kappa shape index (κ2) is 20.6. The predicted molar refractivity (Wildman–Crippen MR) is 276 cm³/mol. The van der Waals surface area contributed by atoms with E-state index in [4.69, 9.17) is 27.7 Å². The number of hydrogen-bond acceptors (Lipinski definition) is 9. The van der Waals surface area contributed by atoms with Crippen LogP contribution in [0.25, 0.3) is 33.7 Å². The monoisotopic (exact) mass is 1030 g/mol. The summed E-state index contributed by atoms with van der Waals surface area (Å²) in [5.41, 5.74) is 4.70. The number of phosphoric ester groups is 1. The van der Waals surface area contributed by atoms with E-state index >= 15 is 0 Å². The molecule has 0 bridgehead atoms. The van der Waals surface area contributed by atoms with Crippen molar-refractivity contribution < 1.29 is 52.7 Å². The summed E-state index contributed by atoms with van der Waals surface area (Å²) in [4.78, 5) is 102. The Hall–Kier alpha value is -7.07. The Morgan fingerprint density at radius 1 is 0.806 bits per heavy atom. The number of nitrogens with zero attached hydrogens (tertiary/aromatic N) is 3.